The van der Waals surface area contributed by atoms with Gasteiger partial charge in [0, 0.05) is 5.56 Å². The van der Waals surface area contributed by atoms with Gasteiger partial charge < -0.3 is 5.11 Å². The molecular formula is C11H12O3. The van der Waals surface area contributed by atoms with Crippen LogP contribution in [0.2, 0.25) is 0 Å². The highest BCUT2D eigenvalue weighted by Crippen LogP contribution is 2.16. The Morgan fingerprint density at radius 3 is 2.00 bits per heavy atom. The molecule has 0 atom stereocenters. The van der Waals surface area contributed by atoms with Gasteiger partial charge in [0.05, 0.1) is 5.56 Å². The summed E-state index contributed by atoms with van der Waals surface area (Å²) in [6.07, 6.45) is 0. The number of carboxylic acid groups (broad SMARTS) is 1. The zero-order chi connectivity index (χ0) is 10.9. The van der Waals surface area contributed by atoms with Crippen molar-refractivity contribution < 1.29 is 14.7 Å². The molecule has 0 radical (unpaired) electrons. The van der Waals surface area contributed by atoms with Crippen LogP contribution in [-0.4, -0.2) is 16.9 Å². The first-order valence-corrected chi connectivity index (χ1v) is 4.29. The summed E-state index contributed by atoms with van der Waals surface area (Å²) in [5.41, 5.74) is 2.17. The Labute approximate surface area is 82.4 Å². The van der Waals surface area contributed by atoms with Crippen molar-refractivity contribution in [3.05, 3.63) is 34.4 Å². The van der Waals surface area contributed by atoms with Crippen molar-refractivity contribution in [1.82, 2.24) is 0 Å². The molecule has 0 unspecified atom stereocenters. The first kappa shape index (κ1) is 10.4. The molecule has 1 aromatic rings. The molecule has 0 bridgehead atoms. The van der Waals surface area contributed by atoms with E-state index in [1.807, 2.05) is 0 Å². The summed E-state index contributed by atoms with van der Waals surface area (Å²) in [6.45, 7) is 4.96. The SMILES string of the molecule is CC(=O)c1cc(C(=O)O)c(C)cc1C. The Morgan fingerprint density at radius 2 is 1.57 bits per heavy atom. The van der Waals surface area contributed by atoms with E-state index in [-0.39, 0.29) is 11.3 Å². The predicted molar refractivity (Wildman–Crippen MR) is 52.9 cm³/mol. The smallest absolute Gasteiger partial charge is 0.335 e. The fraction of sp³-hybridized carbons (Fsp3) is 0.273. The van der Waals surface area contributed by atoms with Crippen molar-refractivity contribution in [3.8, 4) is 0 Å². The van der Waals surface area contributed by atoms with Gasteiger partial charge in [-0.2, -0.15) is 0 Å². The van der Waals surface area contributed by atoms with Crippen LogP contribution in [0.25, 0.3) is 0 Å². The average molecular weight is 192 g/mol. The largest absolute Gasteiger partial charge is 0.478 e. The van der Waals surface area contributed by atoms with Gasteiger partial charge in [-0.05, 0) is 38.0 Å². The molecule has 74 valence electrons. The number of hydrogen-bond acceptors (Lipinski definition) is 2. The summed E-state index contributed by atoms with van der Waals surface area (Å²) < 4.78 is 0. The van der Waals surface area contributed by atoms with E-state index in [0.29, 0.717) is 11.1 Å². The molecule has 14 heavy (non-hydrogen) atoms. The molecule has 0 aliphatic carbocycles. The first-order chi connectivity index (χ1) is 6.43. The van der Waals surface area contributed by atoms with E-state index in [1.165, 1.54) is 13.0 Å². The Morgan fingerprint density at radius 1 is 1.07 bits per heavy atom. The van der Waals surface area contributed by atoms with E-state index >= 15 is 0 Å². The second kappa shape index (κ2) is 3.62. The van der Waals surface area contributed by atoms with Gasteiger partial charge in [0.1, 0.15) is 0 Å². The second-order valence-electron chi connectivity index (χ2n) is 3.34. The zero-order valence-electron chi connectivity index (χ0n) is 8.42. The number of ketones is 1. The van der Waals surface area contributed by atoms with Crippen LogP contribution >= 0.6 is 0 Å². The van der Waals surface area contributed by atoms with Crippen LogP contribution in [0.1, 0.15) is 38.8 Å². The van der Waals surface area contributed by atoms with Crippen molar-refractivity contribution in [3.63, 3.8) is 0 Å². The third-order valence-corrected chi connectivity index (χ3v) is 2.18. The molecule has 0 heterocycles. The van der Waals surface area contributed by atoms with Gasteiger partial charge in [-0.25, -0.2) is 4.79 Å². The molecule has 0 amide bonds. The number of carboxylic acids is 1. The van der Waals surface area contributed by atoms with Gasteiger partial charge >= 0.3 is 5.97 Å². The van der Waals surface area contributed by atoms with Gasteiger partial charge in [-0.15, -0.1) is 0 Å². The van der Waals surface area contributed by atoms with Crippen LogP contribution in [0.15, 0.2) is 12.1 Å². The number of carbonyl (C=O) groups is 2. The van der Waals surface area contributed by atoms with Gasteiger partial charge in [-0.3, -0.25) is 4.79 Å². The molecule has 0 saturated carbocycles. The Hall–Kier alpha value is -1.64. The van der Waals surface area contributed by atoms with Crippen molar-refractivity contribution in [1.29, 1.82) is 0 Å². The first-order valence-electron chi connectivity index (χ1n) is 4.29. The fourth-order valence-corrected chi connectivity index (χ4v) is 1.46. The molecule has 0 spiro atoms. The molecule has 0 aliphatic heterocycles. The van der Waals surface area contributed by atoms with E-state index in [4.69, 9.17) is 5.11 Å². The summed E-state index contributed by atoms with van der Waals surface area (Å²) in [5.74, 6) is -1.10. The molecule has 1 N–H and O–H groups in total. The second-order valence-corrected chi connectivity index (χ2v) is 3.34. The highest BCUT2D eigenvalue weighted by molar-refractivity contribution is 5.99. The van der Waals surface area contributed by atoms with E-state index in [9.17, 15) is 9.59 Å². The number of hydrogen-bond donors (Lipinski definition) is 1. The topological polar surface area (TPSA) is 54.4 Å². The molecule has 0 aromatic heterocycles. The molecule has 0 aliphatic rings. The third kappa shape index (κ3) is 1.82. The average Bonchev–Trinajstić information content (AvgIpc) is 2.02. The molecule has 0 fully saturated rings. The van der Waals surface area contributed by atoms with Gasteiger partial charge in [0.2, 0.25) is 0 Å². The lowest BCUT2D eigenvalue weighted by atomic mass is 9.98. The van der Waals surface area contributed by atoms with Crippen LogP contribution in [0.5, 0.6) is 0 Å². The molecular weight excluding hydrogens is 180 g/mol. The number of carbonyl (C=O) groups excluding carboxylic acids is 1. The van der Waals surface area contributed by atoms with E-state index in [1.54, 1.807) is 19.9 Å². The van der Waals surface area contributed by atoms with Crippen molar-refractivity contribution in [2.45, 2.75) is 20.8 Å². The number of benzene rings is 1. The standard InChI is InChI=1S/C11H12O3/c1-6-4-7(2)10(11(13)14)5-9(6)8(3)12/h4-5H,1-3H3,(H,13,14). The summed E-state index contributed by atoms with van der Waals surface area (Å²) in [4.78, 5) is 22.0. The molecule has 1 aromatic carbocycles. The maximum absolute atomic E-state index is 11.2. The van der Waals surface area contributed by atoms with E-state index in [2.05, 4.69) is 0 Å². The highest BCUT2D eigenvalue weighted by Gasteiger charge is 2.12. The normalized spacial score (nSPS) is 9.93. The maximum Gasteiger partial charge on any atom is 0.335 e. The zero-order valence-corrected chi connectivity index (χ0v) is 8.42. The Balaban J connectivity index is 3.42. The number of rotatable bonds is 2. The lowest BCUT2D eigenvalue weighted by Gasteiger charge is -2.06. The lowest BCUT2D eigenvalue weighted by Crippen LogP contribution is -2.05. The highest BCUT2D eigenvalue weighted by atomic mass is 16.4. The van der Waals surface area contributed by atoms with Gasteiger partial charge in [-0.1, -0.05) is 6.07 Å². The number of aryl methyl sites for hydroxylation is 2. The van der Waals surface area contributed by atoms with Crippen molar-refractivity contribution >= 4 is 11.8 Å². The monoisotopic (exact) mass is 192 g/mol. The summed E-state index contributed by atoms with van der Waals surface area (Å²) >= 11 is 0. The number of Topliss-reactive ketones (excluding diaryl/α,β-unsaturated/α-hetero) is 1. The van der Waals surface area contributed by atoms with Crippen LogP contribution in [0, 0.1) is 13.8 Å². The van der Waals surface area contributed by atoms with Gasteiger partial charge in [0.15, 0.2) is 5.78 Å². The predicted octanol–water partition coefficient (Wildman–Crippen LogP) is 2.20. The maximum atomic E-state index is 11.2. The van der Waals surface area contributed by atoms with Crippen molar-refractivity contribution in [2.24, 2.45) is 0 Å². The molecule has 3 nitrogen and oxygen atoms in total. The van der Waals surface area contributed by atoms with Crippen LogP contribution in [0.3, 0.4) is 0 Å². The number of aromatic carboxylic acids is 1. The van der Waals surface area contributed by atoms with Crippen LogP contribution < -0.4 is 0 Å². The summed E-state index contributed by atoms with van der Waals surface area (Å²) in [5, 5.41) is 8.85. The van der Waals surface area contributed by atoms with Crippen LogP contribution in [-0.2, 0) is 0 Å². The van der Waals surface area contributed by atoms with E-state index in [0.717, 1.165) is 5.56 Å². The minimum absolute atomic E-state index is 0.106. The van der Waals surface area contributed by atoms with Crippen molar-refractivity contribution in [2.75, 3.05) is 0 Å². The lowest BCUT2D eigenvalue weighted by molar-refractivity contribution is 0.0696. The van der Waals surface area contributed by atoms with E-state index < -0.39 is 5.97 Å². The Kier molecular flexibility index (Phi) is 2.70. The molecule has 1 rings (SSSR count). The molecule has 3 heteroatoms. The van der Waals surface area contributed by atoms with Crippen LogP contribution in [0.4, 0.5) is 0 Å². The third-order valence-electron chi connectivity index (χ3n) is 2.18. The van der Waals surface area contributed by atoms with Gasteiger partial charge in [0.25, 0.3) is 0 Å². The Bertz CT molecular complexity index is 370. The summed E-state index contributed by atoms with van der Waals surface area (Å²) in [6, 6.07) is 3.16. The summed E-state index contributed by atoms with van der Waals surface area (Å²) in [7, 11) is 0. The molecule has 0 saturated heterocycles. The fourth-order valence-electron chi connectivity index (χ4n) is 1.46. The minimum atomic E-state index is -0.995. The minimum Gasteiger partial charge on any atom is -0.478 e. The quantitative estimate of drug-likeness (QED) is 0.731.